The van der Waals surface area contributed by atoms with Gasteiger partial charge in [-0.1, -0.05) is 0 Å². The van der Waals surface area contributed by atoms with Crippen LogP contribution < -0.4 is 5.73 Å². The number of nitrogens with zero attached hydrogens (tertiary/aromatic N) is 2. The maximum Gasteiger partial charge on any atom is 0.226 e. The molecule has 1 saturated carbocycles. The van der Waals surface area contributed by atoms with E-state index in [1.807, 2.05) is 24.1 Å². The summed E-state index contributed by atoms with van der Waals surface area (Å²) in [5.74, 6) is -0.0192. The molecule has 0 bridgehead atoms. The van der Waals surface area contributed by atoms with Crippen molar-refractivity contribution in [1.29, 1.82) is 0 Å². The smallest absolute Gasteiger partial charge is 0.226 e. The maximum absolute atomic E-state index is 12.4. The molecule has 1 fully saturated rings. The molecule has 1 aromatic rings. The van der Waals surface area contributed by atoms with Crippen LogP contribution in [0.2, 0.25) is 0 Å². The van der Waals surface area contributed by atoms with E-state index in [4.69, 9.17) is 5.73 Å². The molecule has 0 unspecified atom stereocenters. The van der Waals surface area contributed by atoms with Crippen molar-refractivity contribution in [2.24, 2.45) is 11.7 Å². The number of nitrogens with two attached hydrogens (primary N) is 1. The molecule has 5 nitrogen and oxygen atoms in total. The summed E-state index contributed by atoms with van der Waals surface area (Å²) in [7, 11) is 0. The first-order valence-electron chi connectivity index (χ1n) is 6.71. The Hall–Kier alpha value is -1.46. The summed E-state index contributed by atoms with van der Waals surface area (Å²) >= 11 is 0. The van der Waals surface area contributed by atoms with Crippen molar-refractivity contribution >= 4 is 5.91 Å². The molecule has 1 aliphatic heterocycles. The maximum atomic E-state index is 12.4. The third kappa shape index (κ3) is 2.24. The summed E-state index contributed by atoms with van der Waals surface area (Å²) in [6.45, 7) is 3.24. The van der Waals surface area contributed by atoms with Crippen molar-refractivity contribution in [2.45, 2.75) is 45.0 Å². The summed E-state index contributed by atoms with van der Waals surface area (Å²) in [6, 6.07) is 1.78. The van der Waals surface area contributed by atoms with E-state index in [0.717, 1.165) is 11.3 Å². The molecule has 0 aromatic carbocycles. The van der Waals surface area contributed by atoms with Crippen molar-refractivity contribution in [1.82, 2.24) is 9.88 Å². The highest BCUT2D eigenvalue weighted by Crippen LogP contribution is 2.30. The van der Waals surface area contributed by atoms with Crippen LogP contribution in [0, 0.1) is 12.8 Å². The molecule has 2 heterocycles. The summed E-state index contributed by atoms with van der Waals surface area (Å²) in [6.07, 6.45) is 2.39. The number of carbonyl (C=O) groups excluding carboxylic acids is 1. The van der Waals surface area contributed by atoms with E-state index in [1.54, 1.807) is 0 Å². The van der Waals surface area contributed by atoms with Gasteiger partial charge in [-0.25, -0.2) is 0 Å². The molecule has 102 valence electrons. The highest BCUT2D eigenvalue weighted by Gasteiger charge is 2.38. The summed E-state index contributed by atoms with van der Waals surface area (Å²) in [5.41, 5.74) is 9.07. The van der Waals surface area contributed by atoms with Gasteiger partial charge in [0, 0.05) is 36.9 Å². The van der Waals surface area contributed by atoms with Crippen LogP contribution in [0.4, 0.5) is 0 Å². The molecule has 0 saturated heterocycles. The molecule has 0 spiro atoms. The number of hydrogen-bond acceptors (Lipinski definition) is 4. The van der Waals surface area contributed by atoms with Crippen molar-refractivity contribution in [2.75, 3.05) is 0 Å². The Bertz CT molecular complexity index is 507. The summed E-state index contributed by atoms with van der Waals surface area (Å²) < 4.78 is 0. The second-order valence-corrected chi connectivity index (χ2v) is 5.69. The van der Waals surface area contributed by atoms with Gasteiger partial charge in [0.1, 0.15) is 0 Å². The molecular weight excluding hydrogens is 242 g/mol. The number of aliphatic hydroxyl groups is 1. The van der Waals surface area contributed by atoms with Gasteiger partial charge in [0.25, 0.3) is 0 Å². The largest absolute Gasteiger partial charge is 0.391 e. The van der Waals surface area contributed by atoms with Crippen LogP contribution in [-0.4, -0.2) is 33.0 Å². The number of aryl methyl sites for hydroxylation is 1. The fourth-order valence-electron chi connectivity index (χ4n) is 3.07. The highest BCUT2D eigenvalue weighted by atomic mass is 16.3. The Balaban J connectivity index is 1.71. The average Bonchev–Trinajstić information content (AvgIpc) is 2.92. The molecule has 19 heavy (non-hydrogen) atoms. The zero-order valence-corrected chi connectivity index (χ0v) is 11.0. The first-order chi connectivity index (χ1) is 9.04. The Kier molecular flexibility index (Phi) is 3.03. The molecule has 3 rings (SSSR count). The molecule has 3 N–H and O–H groups in total. The standard InChI is InChI=1S/C14H19N3O2/c1-8-2-10-6-17(7-11(10)5-16-8)14(19)9-3-12(15)13(18)4-9/h2,5,9,12-13,18H,3-4,6-7,15H2,1H3/t9-,12+,13+/m0/s1. The lowest BCUT2D eigenvalue weighted by Crippen LogP contribution is -2.31. The van der Waals surface area contributed by atoms with Crippen LogP contribution in [-0.2, 0) is 17.9 Å². The number of aromatic nitrogens is 1. The van der Waals surface area contributed by atoms with Crippen LogP contribution in [0.25, 0.3) is 0 Å². The van der Waals surface area contributed by atoms with Crippen molar-refractivity contribution in [3.05, 3.63) is 29.1 Å². The Morgan fingerprint density at radius 2 is 2.16 bits per heavy atom. The van der Waals surface area contributed by atoms with Gasteiger partial charge in [0.2, 0.25) is 5.91 Å². The van der Waals surface area contributed by atoms with Crippen LogP contribution in [0.1, 0.15) is 29.7 Å². The monoisotopic (exact) mass is 261 g/mol. The normalized spacial score (nSPS) is 29.6. The number of carbonyl (C=O) groups is 1. The number of aliphatic hydroxyl groups excluding tert-OH is 1. The first-order valence-corrected chi connectivity index (χ1v) is 6.71. The van der Waals surface area contributed by atoms with E-state index in [1.165, 1.54) is 5.56 Å². The lowest BCUT2D eigenvalue weighted by atomic mass is 10.1. The second-order valence-electron chi connectivity index (χ2n) is 5.69. The average molecular weight is 261 g/mol. The topological polar surface area (TPSA) is 79.5 Å². The quantitative estimate of drug-likeness (QED) is 0.763. The van der Waals surface area contributed by atoms with Gasteiger partial charge >= 0.3 is 0 Å². The van der Waals surface area contributed by atoms with Gasteiger partial charge in [-0.3, -0.25) is 9.78 Å². The number of fused-ring (bicyclic) bond motifs is 1. The fourth-order valence-corrected chi connectivity index (χ4v) is 3.07. The first kappa shape index (κ1) is 12.6. The van der Waals surface area contributed by atoms with Crippen molar-refractivity contribution < 1.29 is 9.90 Å². The number of rotatable bonds is 1. The Morgan fingerprint density at radius 3 is 2.84 bits per heavy atom. The molecule has 5 heteroatoms. The number of pyridine rings is 1. The predicted molar refractivity (Wildman–Crippen MR) is 69.9 cm³/mol. The van der Waals surface area contributed by atoms with E-state index in [0.29, 0.717) is 25.9 Å². The minimum atomic E-state index is -0.539. The second kappa shape index (κ2) is 4.58. The Labute approximate surface area is 112 Å². The van der Waals surface area contributed by atoms with Crippen LogP contribution in [0.15, 0.2) is 12.3 Å². The lowest BCUT2D eigenvalue weighted by Gasteiger charge is -2.19. The minimum Gasteiger partial charge on any atom is -0.391 e. The van der Waals surface area contributed by atoms with Gasteiger partial charge < -0.3 is 15.7 Å². The summed E-state index contributed by atoms with van der Waals surface area (Å²) in [4.78, 5) is 18.5. The molecule has 1 aromatic heterocycles. The van der Waals surface area contributed by atoms with E-state index in [2.05, 4.69) is 4.98 Å². The van der Waals surface area contributed by atoms with Gasteiger partial charge in [-0.2, -0.15) is 0 Å². The van der Waals surface area contributed by atoms with Crippen LogP contribution in [0.5, 0.6) is 0 Å². The van der Waals surface area contributed by atoms with Gasteiger partial charge in [0.05, 0.1) is 6.10 Å². The lowest BCUT2D eigenvalue weighted by molar-refractivity contribution is -0.136. The van der Waals surface area contributed by atoms with E-state index < -0.39 is 6.10 Å². The molecular formula is C14H19N3O2. The van der Waals surface area contributed by atoms with Crippen LogP contribution in [0.3, 0.4) is 0 Å². The summed E-state index contributed by atoms with van der Waals surface area (Å²) in [5, 5.41) is 9.66. The minimum absolute atomic E-state index is 0.112. The van der Waals surface area contributed by atoms with Crippen molar-refractivity contribution in [3.63, 3.8) is 0 Å². The molecule has 3 atom stereocenters. The number of hydrogen-bond donors (Lipinski definition) is 2. The predicted octanol–water partition coefficient (Wildman–Crippen LogP) is 0.330. The fraction of sp³-hybridized carbons (Fsp3) is 0.571. The molecule has 1 aliphatic carbocycles. The zero-order chi connectivity index (χ0) is 13.6. The van der Waals surface area contributed by atoms with E-state index >= 15 is 0 Å². The molecule has 0 radical (unpaired) electrons. The highest BCUT2D eigenvalue weighted by molar-refractivity contribution is 5.80. The van der Waals surface area contributed by atoms with Gasteiger partial charge in [0.15, 0.2) is 0 Å². The molecule has 2 aliphatic rings. The third-order valence-electron chi connectivity index (χ3n) is 4.18. The van der Waals surface area contributed by atoms with Gasteiger partial charge in [-0.15, -0.1) is 0 Å². The van der Waals surface area contributed by atoms with Crippen molar-refractivity contribution in [3.8, 4) is 0 Å². The zero-order valence-electron chi connectivity index (χ0n) is 11.0. The van der Waals surface area contributed by atoms with Gasteiger partial charge in [-0.05, 0) is 37.0 Å². The Morgan fingerprint density at radius 1 is 1.42 bits per heavy atom. The van der Waals surface area contributed by atoms with Crippen LogP contribution >= 0.6 is 0 Å². The van der Waals surface area contributed by atoms with E-state index in [9.17, 15) is 9.90 Å². The van der Waals surface area contributed by atoms with E-state index in [-0.39, 0.29) is 17.9 Å². The third-order valence-corrected chi connectivity index (χ3v) is 4.18. The molecule has 1 amide bonds. The number of amides is 1. The SMILES string of the molecule is Cc1cc2c(cn1)CN(C(=O)[C@H]1C[C@@H](N)[C@H](O)C1)C2.